The molecular formula is C19H20N4OS. The number of rotatable bonds is 4. The highest BCUT2D eigenvalue weighted by molar-refractivity contribution is 7.22. The van der Waals surface area contributed by atoms with Crippen molar-refractivity contribution in [2.75, 3.05) is 36.6 Å². The van der Waals surface area contributed by atoms with Crippen LogP contribution in [0.3, 0.4) is 0 Å². The van der Waals surface area contributed by atoms with E-state index in [-0.39, 0.29) is 0 Å². The number of fused-ring (bicyclic) bond motifs is 1. The molecule has 1 N–H and O–H groups in total. The number of hydrazone groups is 1. The molecule has 1 fully saturated rings. The topological polar surface area (TPSA) is 49.8 Å². The molecule has 1 aliphatic rings. The van der Waals surface area contributed by atoms with Crippen LogP contribution in [-0.4, -0.2) is 37.0 Å². The number of hydrogen-bond donors (Lipinski definition) is 1. The summed E-state index contributed by atoms with van der Waals surface area (Å²) in [6.45, 7) is 5.50. The van der Waals surface area contributed by atoms with Gasteiger partial charge in [-0.15, -0.1) is 0 Å². The molecule has 1 aromatic heterocycles. The first kappa shape index (κ1) is 16.1. The van der Waals surface area contributed by atoms with Gasteiger partial charge in [-0.3, -0.25) is 5.43 Å². The lowest BCUT2D eigenvalue weighted by Gasteiger charge is -2.28. The standard InChI is InChI=1S/C19H20N4OS/c1-14(21-22-19-20-17-4-2-3-5-18(17)25-19)15-6-8-16(9-7-15)23-10-12-24-13-11-23/h2-9H,10-13H2,1H3,(H,20,22)/b21-14-. The molecule has 25 heavy (non-hydrogen) atoms. The third kappa shape index (κ3) is 3.65. The highest BCUT2D eigenvalue weighted by Gasteiger charge is 2.11. The van der Waals surface area contributed by atoms with Crippen LogP contribution < -0.4 is 10.3 Å². The number of nitrogens with one attached hydrogen (secondary N) is 1. The van der Waals surface area contributed by atoms with Crippen molar-refractivity contribution in [2.24, 2.45) is 5.10 Å². The van der Waals surface area contributed by atoms with Crippen LogP contribution in [0, 0.1) is 0 Å². The van der Waals surface area contributed by atoms with Crippen molar-refractivity contribution in [3.05, 3.63) is 54.1 Å². The number of para-hydroxylation sites is 1. The second-order valence-electron chi connectivity index (χ2n) is 5.94. The van der Waals surface area contributed by atoms with Crippen molar-refractivity contribution in [3.8, 4) is 0 Å². The van der Waals surface area contributed by atoms with E-state index in [1.165, 1.54) is 5.69 Å². The molecule has 0 unspecified atom stereocenters. The molecule has 0 aliphatic carbocycles. The van der Waals surface area contributed by atoms with Gasteiger partial charge in [0.2, 0.25) is 5.13 Å². The molecule has 1 aliphatic heterocycles. The zero-order valence-electron chi connectivity index (χ0n) is 14.1. The van der Waals surface area contributed by atoms with Crippen molar-refractivity contribution in [2.45, 2.75) is 6.92 Å². The van der Waals surface area contributed by atoms with Gasteiger partial charge in [-0.1, -0.05) is 35.6 Å². The van der Waals surface area contributed by atoms with Crippen molar-refractivity contribution >= 4 is 38.1 Å². The largest absolute Gasteiger partial charge is 0.378 e. The number of morpholine rings is 1. The number of thiazole rings is 1. The maximum absolute atomic E-state index is 5.40. The van der Waals surface area contributed by atoms with Crippen LogP contribution in [0.4, 0.5) is 10.8 Å². The molecule has 5 nitrogen and oxygen atoms in total. The van der Waals surface area contributed by atoms with Gasteiger partial charge in [0.1, 0.15) is 0 Å². The minimum absolute atomic E-state index is 0.800. The minimum Gasteiger partial charge on any atom is -0.378 e. The molecule has 0 spiro atoms. The van der Waals surface area contributed by atoms with Gasteiger partial charge in [-0.05, 0) is 36.8 Å². The fourth-order valence-electron chi connectivity index (χ4n) is 2.85. The lowest BCUT2D eigenvalue weighted by molar-refractivity contribution is 0.122. The Kier molecular flexibility index (Phi) is 4.63. The Morgan fingerprint density at radius 2 is 1.88 bits per heavy atom. The fraction of sp³-hybridized carbons (Fsp3) is 0.263. The summed E-state index contributed by atoms with van der Waals surface area (Å²) in [6, 6.07) is 16.6. The Morgan fingerprint density at radius 1 is 1.12 bits per heavy atom. The Balaban J connectivity index is 1.45. The van der Waals surface area contributed by atoms with E-state index in [1.54, 1.807) is 11.3 Å². The summed E-state index contributed by atoms with van der Waals surface area (Å²) >= 11 is 1.61. The highest BCUT2D eigenvalue weighted by Crippen LogP contribution is 2.25. The maximum atomic E-state index is 5.40. The number of benzene rings is 2. The molecular weight excluding hydrogens is 332 g/mol. The molecule has 128 valence electrons. The fourth-order valence-corrected chi connectivity index (χ4v) is 3.66. The Bertz CT molecular complexity index is 849. The third-order valence-corrected chi connectivity index (χ3v) is 5.22. The molecule has 0 amide bonds. The lowest BCUT2D eigenvalue weighted by Crippen LogP contribution is -2.36. The van der Waals surface area contributed by atoms with Crippen LogP contribution in [0.2, 0.25) is 0 Å². The monoisotopic (exact) mass is 352 g/mol. The maximum Gasteiger partial charge on any atom is 0.204 e. The van der Waals surface area contributed by atoms with E-state index in [0.29, 0.717) is 0 Å². The summed E-state index contributed by atoms with van der Waals surface area (Å²) < 4.78 is 6.56. The zero-order chi connectivity index (χ0) is 17.1. The molecule has 2 aromatic carbocycles. The number of ether oxygens (including phenoxy) is 1. The second kappa shape index (κ2) is 7.21. The van der Waals surface area contributed by atoms with Crippen LogP contribution in [0.1, 0.15) is 12.5 Å². The summed E-state index contributed by atoms with van der Waals surface area (Å²) in [5.74, 6) is 0. The summed E-state index contributed by atoms with van der Waals surface area (Å²) in [7, 11) is 0. The highest BCUT2D eigenvalue weighted by atomic mass is 32.1. The van der Waals surface area contributed by atoms with E-state index in [1.807, 2.05) is 25.1 Å². The van der Waals surface area contributed by atoms with Gasteiger partial charge in [-0.2, -0.15) is 5.10 Å². The molecule has 0 radical (unpaired) electrons. The van der Waals surface area contributed by atoms with Crippen molar-refractivity contribution < 1.29 is 4.74 Å². The zero-order valence-corrected chi connectivity index (χ0v) is 14.9. The number of nitrogens with zero attached hydrogens (tertiary/aromatic N) is 3. The van der Waals surface area contributed by atoms with Gasteiger partial charge in [0.25, 0.3) is 0 Å². The number of anilines is 2. The average molecular weight is 352 g/mol. The van der Waals surface area contributed by atoms with Crippen LogP contribution >= 0.6 is 11.3 Å². The molecule has 4 rings (SSSR count). The first-order chi connectivity index (χ1) is 12.3. The van der Waals surface area contributed by atoms with E-state index < -0.39 is 0 Å². The lowest BCUT2D eigenvalue weighted by atomic mass is 10.1. The van der Waals surface area contributed by atoms with E-state index >= 15 is 0 Å². The number of hydrogen-bond acceptors (Lipinski definition) is 6. The second-order valence-corrected chi connectivity index (χ2v) is 6.97. The molecule has 0 saturated carbocycles. The predicted octanol–water partition coefficient (Wildman–Crippen LogP) is 3.97. The first-order valence-corrected chi connectivity index (χ1v) is 9.20. The molecule has 3 aromatic rings. The van der Waals surface area contributed by atoms with Crippen molar-refractivity contribution in [1.29, 1.82) is 0 Å². The van der Waals surface area contributed by atoms with E-state index in [9.17, 15) is 0 Å². The number of aromatic nitrogens is 1. The molecule has 1 saturated heterocycles. The van der Waals surface area contributed by atoms with Gasteiger partial charge in [0, 0.05) is 18.8 Å². The summed E-state index contributed by atoms with van der Waals surface area (Å²) in [5, 5.41) is 5.29. The van der Waals surface area contributed by atoms with Gasteiger partial charge < -0.3 is 9.64 Å². The third-order valence-electron chi connectivity index (χ3n) is 4.27. The summed E-state index contributed by atoms with van der Waals surface area (Å²) in [4.78, 5) is 6.88. The van der Waals surface area contributed by atoms with E-state index in [0.717, 1.165) is 52.9 Å². The van der Waals surface area contributed by atoms with Crippen LogP contribution in [-0.2, 0) is 4.74 Å². The van der Waals surface area contributed by atoms with E-state index in [2.05, 4.69) is 50.7 Å². The van der Waals surface area contributed by atoms with Gasteiger partial charge in [0.15, 0.2) is 0 Å². The molecule has 0 bridgehead atoms. The van der Waals surface area contributed by atoms with Gasteiger partial charge in [0.05, 0.1) is 29.1 Å². The normalized spacial score (nSPS) is 15.6. The molecule has 0 atom stereocenters. The van der Waals surface area contributed by atoms with Crippen LogP contribution in [0.5, 0.6) is 0 Å². The van der Waals surface area contributed by atoms with Crippen LogP contribution in [0.25, 0.3) is 10.2 Å². The van der Waals surface area contributed by atoms with E-state index in [4.69, 9.17) is 4.74 Å². The first-order valence-electron chi connectivity index (χ1n) is 8.38. The van der Waals surface area contributed by atoms with Crippen molar-refractivity contribution in [1.82, 2.24) is 4.98 Å². The van der Waals surface area contributed by atoms with Gasteiger partial charge >= 0.3 is 0 Å². The summed E-state index contributed by atoms with van der Waals surface area (Å²) in [6.07, 6.45) is 0. The van der Waals surface area contributed by atoms with Gasteiger partial charge in [-0.25, -0.2) is 4.98 Å². The Morgan fingerprint density at radius 3 is 2.64 bits per heavy atom. The minimum atomic E-state index is 0.800. The van der Waals surface area contributed by atoms with Crippen molar-refractivity contribution in [3.63, 3.8) is 0 Å². The SMILES string of the molecule is C/C(=N/Nc1nc2ccccc2s1)c1ccc(N2CCOCC2)cc1. The molecule has 6 heteroatoms. The Labute approximate surface area is 151 Å². The smallest absolute Gasteiger partial charge is 0.204 e. The quantitative estimate of drug-likeness (QED) is 0.570. The summed E-state index contributed by atoms with van der Waals surface area (Å²) in [5.41, 5.74) is 7.35. The Hall–Kier alpha value is -2.44. The predicted molar refractivity (Wildman–Crippen MR) is 105 cm³/mol. The molecule has 2 heterocycles. The van der Waals surface area contributed by atoms with Crippen LogP contribution in [0.15, 0.2) is 53.6 Å². The average Bonchev–Trinajstić information content (AvgIpc) is 3.10.